The standard InChI is InChI=1S/C18H21N3O/c22-18(15-7-2-1-3-8-15)19-13-16-9-4-5-10-17(16)14-21-12-6-11-20-21/h1-2,4-6,9-12,15H,3,7-8,13-14H2,(H,19,22)/t15-/m0/s1. The molecule has 1 aliphatic rings. The molecule has 4 heteroatoms. The maximum Gasteiger partial charge on any atom is 0.223 e. The zero-order valence-electron chi connectivity index (χ0n) is 12.6. The van der Waals surface area contributed by atoms with Crippen molar-refractivity contribution in [1.29, 1.82) is 0 Å². The molecule has 0 bridgehead atoms. The summed E-state index contributed by atoms with van der Waals surface area (Å²) in [6, 6.07) is 10.1. The van der Waals surface area contributed by atoms with Crippen LogP contribution in [0.4, 0.5) is 0 Å². The lowest BCUT2D eigenvalue weighted by Gasteiger charge is -2.18. The van der Waals surface area contributed by atoms with Gasteiger partial charge in [-0.15, -0.1) is 0 Å². The Hall–Kier alpha value is -2.36. The first kappa shape index (κ1) is 14.6. The molecule has 0 radical (unpaired) electrons. The van der Waals surface area contributed by atoms with Gasteiger partial charge < -0.3 is 5.32 Å². The molecular formula is C18H21N3O. The first-order chi connectivity index (χ1) is 10.8. The minimum Gasteiger partial charge on any atom is -0.352 e. The van der Waals surface area contributed by atoms with Crippen LogP contribution in [0.2, 0.25) is 0 Å². The van der Waals surface area contributed by atoms with Crippen LogP contribution in [0, 0.1) is 5.92 Å². The second kappa shape index (κ2) is 7.07. The number of nitrogens with zero attached hydrogens (tertiary/aromatic N) is 2. The molecule has 3 rings (SSSR count). The smallest absolute Gasteiger partial charge is 0.223 e. The molecule has 0 unspecified atom stereocenters. The number of hydrogen-bond donors (Lipinski definition) is 1. The van der Waals surface area contributed by atoms with Crippen LogP contribution < -0.4 is 5.32 Å². The lowest BCUT2D eigenvalue weighted by atomic mass is 9.93. The molecule has 0 saturated carbocycles. The third-order valence-corrected chi connectivity index (χ3v) is 4.10. The zero-order valence-corrected chi connectivity index (χ0v) is 12.6. The number of amides is 1. The van der Waals surface area contributed by atoms with Crippen molar-refractivity contribution >= 4 is 5.91 Å². The molecule has 0 fully saturated rings. The van der Waals surface area contributed by atoms with E-state index in [9.17, 15) is 4.79 Å². The van der Waals surface area contributed by atoms with Crippen molar-refractivity contribution in [3.05, 3.63) is 66.0 Å². The Kier molecular flexibility index (Phi) is 4.68. The number of aromatic nitrogens is 2. The molecule has 0 aliphatic heterocycles. The van der Waals surface area contributed by atoms with Crippen LogP contribution in [0.15, 0.2) is 54.9 Å². The summed E-state index contributed by atoms with van der Waals surface area (Å²) in [7, 11) is 0. The topological polar surface area (TPSA) is 46.9 Å². The Morgan fingerprint density at radius 1 is 1.23 bits per heavy atom. The van der Waals surface area contributed by atoms with Crippen LogP contribution in [0.25, 0.3) is 0 Å². The van der Waals surface area contributed by atoms with E-state index in [0.717, 1.165) is 31.4 Å². The Balaban J connectivity index is 1.62. The molecule has 2 aromatic rings. The van der Waals surface area contributed by atoms with Gasteiger partial charge in [-0.25, -0.2) is 0 Å². The first-order valence-electron chi connectivity index (χ1n) is 7.80. The van der Waals surface area contributed by atoms with Gasteiger partial charge in [-0.05, 0) is 36.5 Å². The molecule has 114 valence electrons. The molecule has 1 aliphatic carbocycles. The van der Waals surface area contributed by atoms with Crippen LogP contribution in [0.5, 0.6) is 0 Å². The highest BCUT2D eigenvalue weighted by molar-refractivity contribution is 5.79. The number of rotatable bonds is 5. The molecule has 1 atom stereocenters. The van der Waals surface area contributed by atoms with E-state index < -0.39 is 0 Å². The molecule has 1 aromatic heterocycles. The highest BCUT2D eigenvalue weighted by Gasteiger charge is 2.18. The van der Waals surface area contributed by atoms with E-state index in [1.54, 1.807) is 6.20 Å². The van der Waals surface area contributed by atoms with Crippen molar-refractivity contribution in [1.82, 2.24) is 15.1 Å². The molecule has 1 heterocycles. The van der Waals surface area contributed by atoms with Crippen LogP contribution in [-0.4, -0.2) is 15.7 Å². The van der Waals surface area contributed by atoms with Crippen molar-refractivity contribution in [2.24, 2.45) is 5.92 Å². The summed E-state index contributed by atoms with van der Waals surface area (Å²) in [5.74, 6) is 0.293. The summed E-state index contributed by atoms with van der Waals surface area (Å²) in [5.41, 5.74) is 2.34. The Labute approximate surface area is 130 Å². The van der Waals surface area contributed by atoms with Gasteiger partial charge in [0.05, 0.1) is 6.54 Å². The maximum atomic E-state index is 12.2. The second-order valence-electron chi connectivity index (χ2n) is 5.67. The van der Waals surface area contributed by atoms with Gasteiger partial charge in [0.1, 0.15) is 0 Å². The lowest BCUT2D eigenvalue weighted by molar-refractivity contribution is -0.125. The van der Waals surface area contributed by atoms with Gasteiger partial charge in [0, 0.05) is 24.9 Å². The van der Waals surface area contributed by atoms with Gasteiger partial charge >= 0.3 is 0 Å². The third kappa shape index (κ3) is 3.64. The molecule has 0 saturated heterocycles. The average molecular weight is 295 g/mol. The van der Waals surface area contributed by atoms with Crippen molar-refractivity contribution < 1.29 is 4.79 Å². The lowest BCUT2D eigenvalue weighted by Crippen LogP contribution is -2.31. The van der Waals surface area contributed by atoms with Crippen LogP contribution in [-0.2, 0) is 17.9 Å². The van der Waals surface area contributed by atoms with Gasteiger partial charge in [0.2, 0.25) is 5.91 Å². The zero-order chi connectivity index (χ0) is 15.2. The molecule has 4 nitrogen and oxygen atoms in total. The fraction of sp³-hybridized carbons (Fsp3) is 0.333. The second-order valence-corrected chi connectivity index (χ2v) is 5.67. The number of hydrogen-bond acceptors (Lipinski definition) is 2. The number of benzene rings is 1. The molecule has 1 amide bonds. The molecule has 22 heavy (non-hydrogen) atoms. The van der Waals surface area contributed by atoms with Crippen LogP contribution in [0.1, 0.15) is 30.4 Å². The third-order valence-electron chi connectivity index (χ3n) is 4.10. The van der Waals surface area contributed by atoms with E-state index in [1.807, 2.05) is 29.1 Å². The number of nitrogens with one attached hydrogen (secondary N) is 1. The van der Waals surface area contributed by atoms with Gasteiger partial charge in [-0.3, -0.25) is 9.48 Å². The Morgan fingerprint density at radius 3 is 2.82 bits per heavy atom. The van der Waals surface area contributed by atoms with E-state index in [1.165, 1.54) is 5.56 Å². The van der Waals surface area contributed by atoms with Gasteiger partial charge in [-0.1, -0.05) is 36.4 Å². The van der Waals surface area contributed by atoms with Crippen LogP contribution in [0.3, 0.4) is 0 Å². The normalized spacial score (nSPS) is 17.4. The highest BCUT2D eigenvalue weighted by atomic mass is 16.1. The fourth-order valence-corrected chi connectivity index (χ4v) is 2.81. The summed E-state index contributed by atoms with van der Waals surface area (Å²) < 4.78 is 1.90. The summed E-state index contributed by atoms with van der Waals surface area (Å²) in [6.07, 6.45) is 10.8. The molecule has 1 aromatic carbocycles. The average Bonchev–Trinajstić information content (AvgIpc) is 3.07. The quantitative estimate of drug-likeness (QED) is 0.862. The minimum atomic E-state index is 0.128. The van der Waals surface area contributed by atoms with Crippen molar-refractivity contribution in [3.63, 3.8) is 0 Å². The van der Waals surface area contributed by atoms with E-state index in [2.05, 4.69) is 34.7 Å². The van der Waals surface area contributed by atoms with Gasteiger partial charge in [0.25, 0.3) is 0 Å². The predicted octanol–water partition coefficient (Wildman–Crippen LogP) is 2.90. The Morgan fingerprint density at radius 2 is 2.09 bits per heavy atom. The fourth-order valence-electron chi connectivity index (χ4n) is 2.81. The largest absolute Gasteiger partial charge is 0.352 e. The number of allylic oxidation sites excluding steroid dienone is 2. The summed E-state index contributed by atoms with van der Waals surface area (Å²) in [4.78, 5) is 12.2. The minimum absolute atomic E-state index is 0.128. The van der Waals surface area contributed by atoms with Crippen LogP contribution >= 0.6 is 0 Å². The van der Waals surface area contributed by atoms with Gasteiger partial charge in [-0.2, -0.15) is 5.10 Å². The van der Waals surface area contributed by atoms with Gasteiger partial charge in [0.15, 0.2) is 0 Å². The number of carbonyl (C=O) groups excluding carboxylic acids is 1. The molecular weight excluding hydrogens is 274 g/mol. The Bertz CT molecular complexity index is 646. The van der Waals surface area contributed by atoms with E-state index in [0.29, 0.717) is 6.54 Å². The molecule has 0 spiro atoms. The van der Waals surface area contributed by atoms with Crippen molar-refractivity contribution in [3.8, 4) is 0 Å². The summed E-state index contributed by atoms with van der Waals surface area (Å²) >= 11 is 0. The summed E-state index contributed by atoms with van der Waals surface area (Å²) in [5, 5.41) is 7.33. The van der Waals surface area contributed by atoms with Crippen molar-refractivity contribution in [2.45, 2.75) is 32.4 Å². The highest BCUT2D eigenvalue weighted by Crippen LogP contribution is 2.18. The SMILES string of the molecule is O=C(NCc1ccccc1Cn1cccn1)[C@H]1CC=CCC1. The number of carbonyl (C=O) groups is 1. The monoisotopic (exact) mass is 295 g/mol. The van der Waals surface area contributed by atoms with Crippen molar-refractivity contribution in [2.75, 3.05) is 0 Å². The predicted molar refractivity (Wildman–Crippen MR) is 86.1 cm³/mol. The van der Waals surface area contributed by atoms with E-state index >= 15 is 0 Å². The van der Waals surface area contributed by atoms with E-state index in [-0.39, 0.29) is 11.8 Å². The molecule has 1 N–H and O–H groups in total. The first-order valence-corrected chi connectivity index (χ1v) is 7.80. The summed E-state index contributed by atoms with van der Waals surface area (Å²) in [6.45, 7) is 1.31. The maximum absolute atomic E-state index is 12.2. The van der Waals surface area contributed by atoms with E-state index in [4.69, 9.17) is 0 Å².